The van der Waals surface area contributed by atoms with Gasteiger partial charge in [0.1, 0.15) is 0 Å². The predicted octanol–water partition coefficient (Wildman–Crippen LogP) is 3.20. The Morgan fingerprint density at radius 3 is 2.00 bits per heavy atom. The highest BCUT2D eigenvalue weighted by atomic mass is 28.4. The van der Waals surface area contributed by atoms with Crippen molar-refractivity contribution in [3.63, 3.8) is 0 Å². The van der Waals surface area contributed by atoms with Crippen molar-refractivity contribution in [2.45, 2.75) is 77.7 Å². The van der Waals surface area contributed by atoms with E-state index in [4.69, 9.17) is 9.16 Å². The molecule has 0 bridgehead atoms. The van der Waals surface area contributed by atoms with E-state index in [2.05, 4.69) is 46.9 Å². The van der Waals surface area contributed by atoms with E-state index < -0.39 is 14.5 Å². The molecule has 2 atom stereocenters. The van der Waals surface area contributed by atoms with Crippen LogP contribution in [0.1, 0.15) is 54.9 Å². The van der Waals surface area contributed by atoms with E-state index in [0.717, 1.165) is 0 Å². The van der Waals surface area contributed by atoms with Crippen LogP contribution in [0.2, 0.25) is 16.6 Å². The van der Waals surface area contributed by atoms with Crippen molar-refractivity contribution in [1.82, 2.24) is 5.32 Å². The third-order valence-electron chi connectivity index (χ3n) is 4.77. The van der Waals surface area contributed by atoms with Gasteiger partial charge in [0.2, 0.25) is 5.91 Å². The largest absolute Gasteiger partial charge is 0.441 e. The molecule has 0 saturated carbocycles. The number of amides is 1. The zero-order chi connectivity index (χ0) is 17.1. The summed E-state index contributed by atoms with van der Waals surface area (Å²) < 4.78 is 11.5. The summed E-state index contributed by atoms with van der Waals surface area (Å²) in [5, 5.41) is 2.61. The number of carbonyl (C=O) groups is 2. The molecule has 0 radical (unpaired) electrons. The maximum absolute atomic E-state index is 11.6. The molecule has 0 spiro atoms. The normalized spacial score (nSPS) is 22.0. The summed E-state index contributed by atoms with van der Waals surface area (Å²) in [7, 11) is -1.90. The van der Waals surface area contributed by atoms with Crippen molar-refractivity contribution >= 4 is 20.2 Å². The molecule has 0 aliphatic carbocycles. The molecule has 1 rings (SSSR count). The molecule has 1 fully saturated rings. The third kappa shape index (κ3) is 3.90. The summed E-state index contributed by atoms with van der Waals surface area (Å²) in [5.74, 6) is -0.700. The van der Waals surface area contributed by atoms with Gasteiger partial charge in [0.15, 0.2) is 14.5 Å². The quantitative estimate of drug-likeness (QED) is 0.422. The second-order valence-corrected chi connectivity index (χ2v) is 12.6. The Morgan fingerprint density at radius 2 is 1.64 bits per heavy atom. The van der Waals surface area contributed by atoms with Gasteiger partial charge < -0.3 is 14.5 Å². The summed E-state index contributed by atoms with van der Waals surface area (Å²) in [6, 6.07) is 0. The van der Waals surface area contributed by atoms with Gasteiger partial charge in [0.05, 0.1) is 5.92 Å². The fraction of sp³-hybridized carbons (Fsp3) is 0.875. The van der Waals surface area contributed by atoms with Crippen LogP contribution in [-0.4, -0.2) is 33.0 Å². The average Bonchev–Trinajstić information content (AvgIpc) is 2.36. The molecule has 0 unspecified atom stereocenters. The Morgan fingerprint density at radius 1 is 1.14 bits per heavy atom. The Labute approximate surface area is 135 Å². The number of esters is 1. The fourth-order valence-corrected chi connectivity index (χ4v) is 9.30. The minimum atomic E-state index is -1.90. The van der Waals surface area contributed by atoms with Crippen LogP contribution < -0.4 is 5.32 Å². The van der Waals surface area contributed by atoms with Crippen LogP contribution in [0.15, 0.2) is 0 Å². The van der Waals surface area contributed by atoms with Crippen molar-refractivity contribution in [2.75, 3.05) is 6.61 Å². The first-order valence-electron chi connectivity index (χ1n) is 8.24. The van der Waals surface area contributed by atoms with Gasteiger partial charge in [-0.25, -0.2) is 0 Å². The first-order chi connectivity index (χ1) is 10.1. The summed E-state index contributed by atoms with van der Waals surface area (Å²) in [6.07, 6.45) is 0.117. The third-order valence-corrected chi connectivity index (χ3v) is 10.9. The lowest BCUT2D eigenvalue weighted by atomic mass is 9.96. The smallest absolute Gasteiger partial charge is 0.304 e. The molecule has 22 heavy (non-hydrogen) atoms. The molecule has 128 valence electrons. The zero-order valence-corrected chi connectivity index (χ0v) is 15.9. The number of carbonyl (C=O) groups excluding carboxylic acids is 2. The molecule has 1 aliphatic heterocycles. The molecule has 0 aromatic carbocycles. The lowest BCUT2D eigenvalue weighted by Gasteiger charge is -2.43. The summed E-state index contributed by atoms with van der Waals surface area (Å²) in [4.78, 5) is 22.6. The predicted molar refractivity (Wildman–Crippen MR) is 88.8 cm³/mol. The lowest BCUT2D eigenvalue weighted by Crippen LogP contribution is -2.60. The van der Waals surface area contributed by atoms with Crippen LogP contribution in [-0.2, 0) is 18.8 Å². The highest BCUT2D eigenvalue weighted by Crippen LogP contribution is 2.42. The second-order valence-electron chi connectivity index (χ2n) is 7.10. The van der Waals surface area contributed by atoms with Gasteiger partial charge in [-0.3, -0.25) is 9.59 Å². The van der Waals surface area contributed by atoms with Gasteiger partial charge in [-0.05, 0) is 23.0 Å². The Kier molecular flexibility index (Phi) is 6.61. The van der Waals surface area contributed by atoms with Gasteiger partial charge >= 0.3 is 5.97 Å². The van der Waals surface area contributed by atoms with Crippen molar-refractivity contribution in [3.8, 4) is 0 Å². The number of β-lactam (4-membered cyclic amide) rings is 1. The van der Waals surface area contributed by atoms with E-state index in [1.165, 1.54) is 6.92 Å². The SMILES string of the molecule is CC(=O)O[C@H]1NC(=O)[C@@H]1CCO[Si](C(C)C)(C(C)C)C(C)C. The second kappa shape index (κ2) is 7.59. The van der Waals surface area contributed by atoms with Crippen LogP contribution in [0.5, 0.6) is 0 Å². The molecule has 0 aromatic rings. The molecule has 1 aliphatic rings. The molecule has 1 saturated heterocycles. The van der Waals surface area contributed by atoms with E-state index in [9.17, 15) is 9.59 Å². The molecule has 1 amide bonds. The van der Waals surface area contributed by atoms with Crippen molar-refractivity contribution in [3.05, 3.63) is 0 Å². The number of ether oxygens (including phenoxy) is 1. The lowest BCUT2D eigenvalue weighted by molar-refractivity contribution is -0.168. The van der Waals surface area contributed by atoms with Crippen LogP contribution in [0.3, 0.4) is 0 Å². The van der Waals surface area contributed by atoms with Crippen LogP contribution in [0.4, 0.5) is 0 Å². The molecule has 1 N–H and O–H groups in total. The van der Waals surface area contributed by atoms with Gasteiger partial charge in [-0.2, -0.15) is 0 Å². The van der Waals surface area contributed by atoms with Crippen LogP contribution in [0.25, 0.3) is 0 Å². The minimum Gasteiger partial charge on any atom is -0.441 e. The summed E-state index contributed by atoms with van der Waals surface area (Å²) in [5.41, 5.74) is 1.56. The minimum absolute atomic E-state index is 0.0549. The number of hydrogen-bond donors (Lipinski definition) is 1. The van der Waals surface area contributed by atoms with E-state index in [1.54, 1.807) is 0 Å². The van der Waals surface area contributed by atoms with Crippen LogP contribution in [0, 0.1) is 5.92 Å². The Bertz CT molecular complexity index is 387. The van der Waals surface area contributed by atoms with Gasteiger partial charge in [-0.1, -0.05) is 41.5 Å². The highest BCUT2D eigenvalue weighted by Gasteiger charge is 2.46. The van der Waals surface area contributed by atoms with Crippen LogP contribution >= 0.6 is 0 Å². The zero-order valence-electron chi connectivity index (χ0n) is 14.9. The van der Waals surface area contributed by atoms with E-state index in [0.29, 0.717) is 29.7 Å². The fourth-order valence-electron chi connectivity index (χ4n) is 3.82. The summed E-state index contributed by atoms with van der Waals surface area (Å²) >= 11 is 0. The molecule has 0 aromatic heterocycles. The van der Waals surface area contributed by atoms with Gasteiger partial charge in [0.25, 0.3) is 0 Å². The van der Waals surface area contributed by atoms with Crippen molar-refractivity contribution < 1.29 is 18.8 Å². The monoisotopic (exact) mass is 329 g/mol. The first-order valence-corrected chi connectivity index (χ1v) is 10.4. The molecular formula is C16H31NO4Si. The average molecular weight is 330 g/mol. The summed E-state index contributed by atoms with van der Waals surface area (Å²) in [6.45, 7) is 15.3. The molecule has 5 nitrogen and oxygen atoms in total. The maximum Gasteiger partial charge on any atom is 0.304 e. The maximum atomic E-state index is 11.6. The standard InChI is InChI=1S/C16H31NO4Si/c1-10(2)22(11(3)4,12(5)6)20-9-8-14-15(19)17-16(14)21-13(7)18/h10-12,14,16H,8-9H2,1-7H3,(H,17,19)/t14-,16+/m0/s1. The topological polar surface area (TPSA) is 64.6 Å². The Balaban J connectivity index is 2.63. The number of nitrogens with one attached hydrogen (secondary N) is 1. The molecular weight excluding hydrogens is 298 g/mol. The van der Waals surface area contributed by atoms with Crippen molar-refractivity contribution in [2.24, 2.45) is 5.92 Å². The van der Waals surface area contributed by atoms with Crippen molar-refractivity contribution in [1.29, 1.82) is 0 Å². The van der Waals surface area contributed by atoms with Gasteiger partial charge in [-0.15, -0.1) is 0 Å². The molecule has 6 heteroatoms. The molecule has 1 heterocycles. The van der Waals surface area contributed by atoms with E-state index >= 15 is 0 Å². The van der Waals surface area contributed by atoms with E-state index in [-0.39, 0.29) is 17.8 Å². The number of rotatable bonds is 8. The first kappa shape index (κ1) is 19.2. The highest BCUT2D eigenvalue weighted by molar-refractivity contribution is 6.77. The Hall–Kier alpha value is -0.883. The van der Waals surface area contributed by atoms with E-state index in [1.807, 2.05) is 0 Å². The number of hydrogen-bond acceptors (Lipinski definition) is 4. The van der Waals surface area contributed by atoms with Gasteiger partial charge in [0, 0.05) is 13.5 Å².